The van der Waals surface area contributed by atoms with E-state index >= 15 is 0 Å². The van der Waals surface area contributed by atoms with Crippen molar-refractivity contribution in [2.24, 2.45) is 0 Å². The van der Waals surface area contributed by atoms with Crippen LogP contribution in [0.25, 0.3) is 0 Å². The number of esters is 1. The maximum absolute atomic E-state index is 13.2. The van der Waals surface area contributed by atoms with E-state index in [4.69, 9.17) is 4.74 Å². The van der Waals surface area contributed by atoms with Crippen LogP contribution in [0, 0.1) is 0 Å². The monoisotopic (exact) mass is 804 g/mol. The van der Waals surface area contributed by atoms with Crippen LogP contribution in [0.1, 0.15) is 265 Å². The quantitative estimate of drug-likeness (QED) is 0.0324. The molecule has 0 radical (unpaired) electrons. The highest BCUT2D eigenvalue weighted by atomic mass is 16.5. The van der Waals surface area contributed by atoms with Crippen molar-refractivity contribution in [3.05, 3.63) is 24.3 Å². The van der Waals surface area contributed by atoms with E-state index in [2.05, 4.69) is 50.4 Å². The number of unbranched alkanes of at least 4 members (excludes halogenated alkanes) is 29. The zero-order valence-electron chi connectivity index (χ0n) is 38.2. The van der Waals surface area contributed by atoms with Gasteiger partial charge in [-0.25, -0.2) is 0 Å². The maximum Gasteiger partial charge on any atom is 0.306 e. The van der Waals surface area contributed by atoms with Gasteiger partial charge in [0.25, 0.3) is 0 Å². The van der Waals surface area contributed by atoms with Gasteiger partial charge in [-0.2, -0.15) is 0 Å². The van der Waals surface area contributed by atoms with Crippen LogP contribution < -0.4 is 5.32 Å². The molecule has 6 heteroatoms. The van der Waals surface area contributed by atoms with Crippen molar-refractivity contribution >= 4 is 11.9 Å². The van der Waals surface area contributed by atoms with Gasteiger partial charge in [-0.15, -0.1) is 0 Å². The molecule has 3 N–H and O–H groups in total. The SMILES string of the molecule is CCCCC/C=C\CCCCCCCC(=O)OC(CCCCCCC/C=C/CCCCCCCC)CC(=O)NC(CO)C(O)CCCCCCCCCCCCC. The summed E-state index contributed by atoms with van der Waals surface area (Å²) in [6, 6.07) is -0.701. The molecular formula is C51H97NO5. The van der Waals surface area contributed by atoms with Gasteiger partial charge in [0.1, 0.15) is 6.10 Å². The molecular weight excluding hydrogens is 707 g/mol. The Morgan fingerprint density at radius 2 is 0.842 bits per heavy atom. The van der Waals surface area contributed by atoms with E-state index < -0.39 is 18.2 Å². The Balaban J connectivity index is 4.60. The molecule has 3 unspecified atom stereocenters. The van der Waals surface area contributed by atoms with E-state index in [1.807, 2.05) is 0 Å². The number of allylic oxidation sites excluding steroid dienone is 4. The lowest BCUT2D eigenvalue weighted by atomic mass is 10.0. The summed E-state index contributed by atoms with van der Waals surface area (Å²) >= 11 is 0. The van der Waals surface area contributed by atoms with Gasteiger partial charge in [-0.05, 0) is 77.0 Å². The lowest BCUT2D eigenvalue weighted by Crippen LogP contribution is -2.46. The van der Waals surface area contributed by atoms with E-state index in [0.717, 1.165) is 70.6 Å². The second-order valence-electron chi connectivity index (χ2n) is 17.2. The molecule has 0 aromatic carbocycles. The zero-order valence-corrected chi connectivity index (χ0v) is 38.2. The van der Waals surface area contributed by atoms with Crippen molar-refractivity contribution < 1.29 is 24.5 Å². The van der Waals surface area contributed by atoms with Crippen molar-refractivity contribution in [2.45, 2.75) is 283 Å². The van der Waals surface area contributed by atoms with Crippen LogP contribution >= 0.6 is 0 Å². The van der Waals surface area contributed by atoms with Crippen LogP contribution in [0.4, 0.5) is 0 Å². The van der Waals surface area contributed by atoms with E-state index in [1.165, 1.54) is 148 Å². The minimum atomic E-state index is -0.786. The number of nitrogens with one attached hydrogen (secondary N) is 1. The summed E-state index contributed by atoms with van der Waals surface area (Å²) in [5, 5.41) is 23.7. The first-order valence-electron chi connectivity index (χ1n) is 25.1. The summed E-state index contributed by atoms with van der Waals surface area (Å²) in [5.41, 5.74) is 0. The van der Waals surface area contributed by atoms with Gasteiger partial charge < -0.3 is 20.3 Å². The van der Waals surface area contributed by atoms with Gasteiger partial charge in [0.15, 0.2) is 0 Å². The molecule has 0 aromatic rings. The summed E-state index contributed by atoms with van der Waals surface area (Å²) in [4.78, 5) is 26.1. The second kappa shape index (κ2) is 45.4. The molecule has 0 heterocycles. The predicted octanol–water partition coefficient (Wildman–Crippen LogP) is 14.7. The number of aliphatic hydroxyl groups excluding tert-OH is 2. The predicted molar refractivity (Wildman–Crippen MR) is 246 cm³/mol. The fourth-order valence-corrected chi connectivity index (χ4v) is 7.65. The van der Waals surface area contributed by atoms with Gasteiger partial charge in [0.05, 0.1) is 25.2 Å². The number of aliphatic hydroxyl groups is 2. The Hall–Kier alpha value is -1.66. The minimum Gasteiger partial charge on any atom is -0.462 e. The van der Waals surface area contributed by atoms with Crippen molar-refractivity contribution in [2.75, 3.05) is 6.61 Å². The Morgan fingerprint density at radius 1 is 0.491 bits per heavy atom. The van der Waals surface area contributed by atoms with Gasteiger partial charge in [-0.1, -0.05) is 199 Å². The fraction of sp³-hybridized carbons (Fsp3) is 0.882. The van der Waals surface area contributed by atoms with E-state index in [0.29, 0.717) is 19.3 Å². The number of carbonyl (C=O) groups is 2. The first kappa shape index (κ1) is 55.3. The molecule has 0 saturated carbocycles. The summed E-state index contributed by atoms with van der Waals surface area (Å²) in [6.07, 6.45) is 50.9. The van der Waals surface area contributed by atoms with Gasteiger partial charge in [0.2, 0.25) is 5.91 Å². The molecule has 0 rings (SSSR count). The van der Waals surface area contributed by atoms with Crippen LogP contribution in [0.15, 0.2) is 24.3 Å². The summed E-state index contributed by atoms with van der Waals surface area (Å²) in [5.74, 6) is -0.484. The topological polar surface area (TPSA) is 95.9 Å². The number of hydrogen-bond donors (Lipinski definition) is 3. The molecule has 3 atom stereocenters. The average Bonchev–Trinajstić information content (AvgIpc) is 3.20. The van der Waals surface area contributed by atoms with E-state index in [1.54, 1.807) is 0 Å². The van der Waals surface area contributed by atoms with Crippen LogP contribution in [0.2, 0.25) is 0 Å². The molecule has 0 bridgehead atoms. The highest BCUT2D eigenvalue weighted by Crippen LogP contribution is 2.18. The molecule has 0 fully saturated rings. The molecule has 0 spiro atoms. The normalized spacial score (nSPS) is 13.4. The molecule has 0 aliphatic heterocycles. The number of amides is 1. The Kier molecular flexibility index (Phi) is 44.1. The highest BCUT2D eigenvalue weighted by Gasteiger charge is 2.24. The van der Waals surface area contributed by atoms with E-state index in [-0.39, 0.29) is 24.9 Å². The van der Waals surface area contributed by atoms with Crippen LogP contribution in [-0.4, -0.2) is 46.9 Å². The molecule has 0 aliphatic carbocycles. The standard InChI is InChI=1S/C51H97NO5/c1-4-7-10-13-16-19-22-24-25-26-28-30-33-36-39-42-47(57-51(56)44-41-38-35-32-29-23-20-17-14-11-8-5-2)45-50(55)52-48(46-53)49(54)43-40-37-34-31-27-21-18-15-12-9-6-3/h17,20,24-25,47-49,53-54H,4-16,18-19,21-23,26-46H2,1-3H3,(H,52,55)/b20-17-,25-24+. The van der Waals surface area contributed by atoms with Gasteiger partial charge in [0, 0.05) is 6.42 Å². The van der Waals surface area contributed by atoms with Gasteiger partial charge in [-0.3, -0.25) is 9.59 Å². The molecule has 57 heavy (non-hydrogen) atoms. The van der Waals surface area contributed by atoms with Crippen LogP contribution in [0.3, 0.4) is 0 Å². The van der Waals surface area contributed by atoms with Crippen LogP contribution in [-0.2, 0) is 14.3 Å². The number of hydrogen-bond acceptors (Lipinski definition) is 5. The van der Waals surface area contributed by atoms with Crippen molar-refractivity contribution in [1.29, 1.82) is 0 Å². The highest BCUT2D eigenvalue weighted by molar-refractivity contribution is 5.77. The third-order valence-electron chi connectivity index (χ3n) is 11.5. The Labute approximate surface area is 354 Å². The third kappa shape index (κ3) is 40.9. The lowest BCUT2D eigenvalue weighted by molar-refractivity contribution is -0.151. The first-order valence-corrected chi connectivity index (χ1v) is 25.1. The smallest absolute Gasteiger partial charge is 0.306 e. The molecule has 0 saturated heterocycles. The first-order chi connectivity index (χ1) is 28.0. The van der Waals surface area contributed by atoms with Crippen molar-refractivity contribution in [1.82, 2.24) is 5.32 Å². The van der Waals surface area contributed by atoms with Gasteiger partial charge >= 0.3 is 5.97 Å². The van der Waals surface area contributed by atoms with Crippen LogP contribution in [0.5, 0.6) is 0 Å². The average molecular weight is 804 g/mol. The molecule has 336 valence electrons. The molecule has 1 amide bonds. The van der Waals surface area contributed by atoms with Crippen molar-refractivity contribution in [3.8, 4) is 0 Å². The minimum absolute atomic E-state index is 0.0722. The zero-order chi connectivity index (χ0) is 41.7. The number of carbonyl (C=O) groups excluding carboxylic acids is 2. The largest absolute Gasteiger partial charge is 0.462 e. The molecule has 6 nitrogen and oxygen atoms in total. The van der Waals surface area contributed by atoms with Crippen molar-refractivity contribution in [3.63, 3.8) is 0 Å². The maximum atomic E-state index is 13.2. The number of ether oxygens (including phenoxy) is 1. The summed E-state index contributed by atoms with van der Waals surface area (Å²) < 4.78 is 5.92. The lowest BCUT2D eigenvalue weighted by Gasteiger charge is -2.24. The summed E-state index contributed by atoms with van der Waals surface area (Å²) in [7, 11) is 0. The summed E-state index contributed by atoms with van der Waals surface area (Å²) in [6.45, 7) is 6.45. The molecule has 0 aliphatic rings. The third-order valence-corrected chi connectivity index (χ3v) is 11.5. The van der Waals surface area contributed by atoms with E-state index in [9.17, 15) is 19.8 Å². The Morgan fingerprint density at radius 3 is 1.28 bits per heavy atom. The Bertz CT molecular complexity index is 904. The number of rotatable bonds is 45. The second-order valence-corrected chi connectivity index (χ2v) is 17.2. The fourth-order valence-electron chi connectivity index (χ4n) is 7.65. The molecule has 0 aromatic heterocycles.